The average molecular weight is 326 g/mol. The number of carbonyl (C=O) groups excluding carboxylic acids is 1. The number of aliphatic hydroxyl groups is 1. The summed E-state index contributed by atoms with van der Waals surface area (Å²) in [5.74, 6) is 0.853. The maximum Gasteiger partial charge on any atom is 0.166 e. The molecule has 0 amide bonds. The predicted octanol–water partition coefficient (Wildman–Crippen LogP) is 5.20. The van der Waals surface area contributed by atoms with E-state index >= 15 is 0 Å². The second-order valence-electron chi connectivity index (χ2n) is 5.83. The standard InChI is InChI=1S/C20H19FO3/c1-2-13-6-9-16(24-15-10-7-14(21)8-11-15)12-17(13)20-18(22)4-3-5-19(20)23/h6-12,22H,2-5H2,1H3. The van der Waals surface area contributed by atoms with Crippen LogP contribution >= 0.6 is 0 Å². The van der Waals surface area contributed by atoms with E-state index in [1.165, 1.54) is 12.1 Å². The van der Waals surface area contributed by atoms with E-state index in [-0.39, 0.29) is 17.4 Å². The van der Waals surface area contributed by atoms with Crippen molar-refractivity contribution in [3.63, 3.8) is 0 Å². The quantitative estimate of drug-likeness (QED) is 0.839. The smallest absolute Gasteiger partial charge is 0.166 e. The second-order valence-corrected chi connectivity index (χ2v) is 5.83. The summed E-state index contributed by atoms with van der Waals surface area (Å²) in [4.78, 5) is 12.3. The first-order valence-corrected chi connectivity index (χ1v) is 8.10. The van der Waals surface area contributed by atoms with Gasteiger partial charge in [0.25, 0.3) is 0 Å². The fraction of sp³-hybridized carbons (Fsp3) is 0.250. The number of ether oxygens (including phenoxy) is 1. The van der Waals surface area contributed by atoms with Crippen molar-refractivity contribution in [1.29, 1.82) is 0 Å². The average Bonchev–Trinajstić information content (AvgIpc) is 2.57. The summed E-state index contributed by atoms with van der Waals surface area (Å²) in [5.41, 5.74) is 2.11. The van der Waals surface area contributed by atoms with Gasteiger partial charge < -0.3 is 9.84 Å². The van der Waals surface area contributed by atoms with Crippen LogP contribution in [0.25, 0.3) is 5.57 Å². The van der Waals surface area contributed by atoms with E-state index in [1.807, 2.05) is 19.1 Å². The van der Waals surface area contributed by atoms with Gasteiger partial charge in [-0.15, -0.1) is 0 Å². The Bertz CT molecular complexity index is 791. The lowest BCUT2D eigenvalue weighted by Gasteiger charge is -2.18. The number of aryl methyl sites for hydroxylation is 1. The largest absolute Gasteiger partial charge is 0.512 e. The lowest BCUT2D eigenvalue weighted by atomic mass is 9.87. The number of allylic oxidation sites excluding steroid dienone is 2. The molecule has 1 aliphatic carbocycles. The van der Waals surface area contributed by atoms with E-state index in [1.54, 1.807) is 18.2 Å². The van der Waals surface area contributed by atoms with Gasteiger partial charge in [0, 0.05) is 12.8 Å². The molecule has 0 bridgehead atoms. The molecule has 2 aromatic carbocycles. The number of rotatable bonds is 4. The lowest BCUT2D eigenvalue weighted by Crippen LogP contribution is -2.12. The number of benzene rings is 2. The van der Waals surface area contributed by atoms with Gasteiger partial charge in [0.05, 0.1) is 5.57 Å². The Morgan fingerprint density at radius 3 is 2.46 bits per heavy atom. The van der Waals surface area contributed by atoms with Crippen LogP contribution < -0.4 is 4.74 Å². The minimum atomic E-state index is -0.327. The van der Waals surface area contributed by atoms with E-state index in [2.05, 4.69) is 0 Å². The van der Waals surface area contributed by atoms with Crippen LogP contribution in [-0.2, 0) is 11.2 Å². The Labute approximate surface area is 140 Å². The first-order valence-electron chi connectivity index (χ1n) is 8.10. The van der Waals surface area contributed by atoms with Gasteiger partial charge in [-0.05, 0) is 60.4 Å². The van der Waals surface area contributed by atoms with Crippen LogP contribution in [0.2, 0.25) is 0 Å². The van der Waals surface area contributed by atoms with Crippen molar-refractivity contribution in [2.75, 3.05) is 0 Å². The van der Waals surface area contributed by atoms with Crippen molar-refractivity contribution in [3.8, 4) is 11.5 Å². The molecule has 4 heteroatoms. The zero-order valence-corrected chi connectivity index (χ0v) is 13.5. The summed E-state index contributed by atoms with van der Waals surface area (Å²) >= 11 is 0. The predicted molar refractivity (Wildman–Crippen MR) is 90.7 cm³/mol. The van der Waals surface area contributed by atoms with Crippen LogP contribution in [0.3, 0.4) is 0 Å². The topological polar surface area (TPSA) is 46.5 Å². The van der Waals surface area contributed by atoms with E-state index in [4.69, 9.17) is 4.74 Å². The number of aliphatic hydroxyl groups excluding tert-OH is 1. The van der Waals surface area contributed by atoms with E-state index < -0.39 is 0 Å². The number of hydrogen-bond acceptors (Lipinski definition) is 3. The molecular weight excluding hydrogens is 307 g/mol. The van der Waals surface area contributed by atoms with Gasteiger partial charge in [-0.3, -0.25) is 4.79 Å². The van der Waals surface area contributed by atoms with Gasteiger partial charge in [-0.1, -0.05) is 13.0 Å². The molecule has 0 atom stereocenters. The van der Waals surface area contributed by atoms with E-state index in [0.29, 0.717) is 36.3 Å². The molecule has 24 heavy (non-hydrogen) atoms. The summed E-state index contributed by atoms with van der Waals surface area (Å²) in [6.45, 7) is 2.00. The Morgan fingerprint density at radius 1 is 1.08 bits per heavy atom. The van der Waals surface area contributed by atoms with Gasteiger partial charge in [0.2, 0.25) is 0 Å². The molecule has 0 saturated carbocycles. The van der Waals surface area contributed by atoms with Crippen LogP contribution in [0.4, 0.5) is 4.39 Å². The van der Waals surface area contributed by atoms with Gasteiger partial charge >= 0.3 is 0 Å². The highest BCUT2D eigenvalue weighted by molar-refractivity contribution is 6.22. The summed E-state index contributed by atoms with van der Waals surface area (Å²) in [5, 5.41) is 10.2. The van der Waals surface area contributed by atoms with Crippen molar-refractivity contribution in [3.05, 3.63) is 65.2 Å². The summed E-state index contributed by atoms with van der Waals surface area (Å²) < 4.78 is 18.7. The molecule has 0 fully saturated rings. The van der Waals surface area contributed by atoms with Crippen LogP contribution in [0.15, 0.2) is 48.2 Å². The van der Waals surface area contributed by atoms with E-state index in [0.717, 1.165) is 17.5 Å². The molecule has 0 aliphatic heterocycles. The van der Waals surface area contributed by atoms with Crippen LogP contribution in [0.1, 0.15) is 37.3 Å². The van der Waals surface area contributed by atoms with Crippen molar-refractivity contribution in [2.45, 2.75) is 32.6 Å². The number of Topliss-reactive ketones (excluding diaryl/α,β-unsaturated/α-hetero) is 1. The number of halogens is 1. The molecule has 0 saturated heterocycles. The minimum absolute atomic E-state index is 0.0348. The second kappa shape index (κ2) is 6.87. The number of ketones is 1. The molecule has 3 nitrogen and oxygen atoms in total. The molecule has 1 N–H and O–H groups in total. The van der Waals surface area contributed by atoms with Gasteiger partial charge in [0.15, 0.2) is 5.78 Å². The molecular formula is C20H19FO3. The van der Waals surface area contributed by atoms with Crippen molar-refractivity contribution in [2.24, 2.45) is 0 Å². The number of carbonyl (C=O) groups is 1. The maximum absolute atomic E-state index is 13.0. The zero-order chi connectivity index (χ0) is 17.1. The molecule has 0 heterocycles. The minimum Gasteiger partial charge on any atom is -0.512 e. The summed E-state index contributed by atoms with van der Waals surface area (Å²) in [6.07, 6.45) is 2.40. The Kier molecular flexibility index (Phi) is 4.65. The molecule has 0 spiro atoms. The van der Waals surface area contributed by atoms with Gasteiger partial charge in [0.1, 0.15) is 23.1 Å². The first kappa shape index (κ1) is 16.2. The van der Waals surface area contributed by atoms with Gasteiger partial charge in [-0.25, -0.2) is 4.39 Å². The fourth-order valence-corrected chi connectivity index (χ4v) is 2.93. The lowest BCUT2D eigenvalue weighted by molar-refractivity contribution is -0.114. The highest BCUT2D eigenvalue weighted by Crippen LogP contribution is 2.34. The summed E-state index contributed by atoms with van der Waals surface area (Å²) in [6, 6.07) is 11.2. The molecule has 3 rings (SSSR count). The number of hydrogen-bond donors (Lipinski definition) is 1. The zero-order valence-electron chi connectivity index (χ0n) is 13.5. The summed E-state index contributed by atoms with van der Waals surface area (Å²) in [7, 11) is 0. The third-order valence-corrected chi connectivity index (χ3v) is 4.17. The third kappa shape index (κ3) is 3.32. The van der Waals surface area contributed by atoms with Crippen LogP contribution in [0.5, 0.6) is 11.5 Å². The molecule has 124 valence electrons. The van der Waals surface area contributed by atoms with Crippen molar-refractivity contribution in [1.82, 2.24) is 0 Å². The van der Waals surface area contributed by atoms with Crippen molar-refractivity contribution < 1.29 is 19.0 Å². The van der Waals surface area contributed by atoms with Crippen LogP contribution in [-0.4, -0.2) is 10.9 Å². The monoisotopic (exact) mass is 326 g/mol. The molecule has 1 aliphatic rings. The first-order chi connectivity index (χ1) is 11.6. The highest BCUT2D eigenvalue weighted by atomic mass is 19.1. The normalized spacial score (nSPS) is 14.8. The molecule has 2 aromatic rings. The van der Waals surface area contributed by atoms with Crippen molar-refractivity contribution >= 4 is 11.4 Å². The Balaban J connectivity index is 1.99. The molecule has 0 unspecified atom stereocenters. The molecule has 0 radical (unpaired) electrons. The fourth-order valence-electron chi connectivity index (χ4n) is 2.93. The Hall–Kier alpha value is -2.62. The Morgan fingerprint density at radius 2 is 1.79 bits per heavy atom. The van der Waals surface area contributed by atoms with Gasteiger partial charge in [-0.2, -0.15) is 0 Å². The maximum atomic E-state index is 13.0. The van der Waals surface area contributed by atoms with Crippen LogP contribution in [0, 0.1) is 5.82 Å². The molecule has 0 aromatic heterocycles. The SMILES string of the molecule is CCc1ccc(Oc2ccc(F)cc2)cc1C1=C(O)CCCC1=O. The van der Waals surface area contributed by atoms with E-state index in [9.17, 15) is 14.3 Å². The third-order valence-electron chi connectivity index (χ3n) is 4.17. The highest BCUT2D eigenvalue weighted by Gasteiger charge is 2.24.